The molecule has 1 N–H and O–H groups in total. The topological polar surface area (TPSA) is 52.5 Å². The Morgan fingerprint density at radius 3 is 3.11 bits per heavy atom. The minimum absolute atomic E-state index is 0.0324. The molecule has 0 radical (unpaired) electrons. The molecule has 100 valence electrons. The standard InChI is InChI=1S/C13H20N2O3/c1-17-13(5-9-18-11-13)10-14-6-8-15-7-3-2-4-12(15)16/h2-4,7,14H,5-6,8-11H2,1H3. The summed E-state index contributed by atoms with van der Waals surface area (Å²) in [6, 6.07) is 5.19. The van der Waals surface area contributed by atoms with Crippen LogP contribution in [0.5, 0.6) is 0 Å². The quantitative estimate of drug-likeness (QED) is 0.737. The first-order chi connectivity index (χ1) is 8.76. The van der Waals surface area contributed by atoms with Crippen LogP contribution in [0.3, 0.4) is 0 Å². The van der Waals surface area contributed by atoms with Crippen molar-refractivity contribution in [1.82, 2.24) is 9.88 Å². The van der Waals surface area contributed by atoms with Crippen LogP contribution in [0.15, 0.2) is 29.2 Å². The maximum atomic E-state index is 11.5. The monoisotopic (exact) mass is 252 g/mol. The molecule has 1 atom stereocenters. The van der Waals surface area contributed by atoms with Crippen LogP contribution in [0.4, 0.5) is 0 Å². The van der Waals surface area contributed by atoms with Gasteiger partial charge in [0.1, 0.15) is 5.60 Å². The number of methoxy groups -OCH3 is 1. The molecule has 1 unspecified atom stereocenters. The Balaban J connectivity index is 1.76. The zero-order valence-corrected chi connectivity index (χ0v) is 10.7. The van der Waals surface area contributed by atoms with Gasteiger partial charge in [-0.05, 0) is 6.07 Å². The largest absolute Gasteiger partial charge is 0.378 e. The molecular formula is C13H20N2O3. The smallest absolute Gasteiger partial charge is 0.250 e. The Morgan fingerprint density at radius 1 is 1.56 bits per heavy atom. The molecule has 1 aliphatic rings. The van der Waals surface area contributed by atoms with E-state index < -0.39 is 0 Å². The van der Waals surface area contributed by atoms with Gasteiger partial charge in [0.05, 0.1) is 6.61 Å². The number of pyridine rings is 1. The molecule has 1 aromatic rings. The Bertz CT molecular complexity index is 424. The molecule has 0 spiro atoms. The number of hydrogen-bond acceptors (Lipinski definition) is 4. The maximum Gasteiger partial charge on any atom is 0.250 e. The summed E-state index contributed by atoms with van der Waals surface area (Å²) < 4.78 is 12.6. The van der Waals surface area contributed by atoms with E-state index in [9.17, 15) is 4.79 Å². The first kappa shape index (κ1) is 13.3. The molecule has 5 nitrogen and oxygen atoms in total. The lowest BCUT2D eigenvalue weighted by Gasteiger charge is -2.26. The Hall–Kier alpha value is -1.17. The van der Waals surface area contributed by atoms with E-state index in [4.69, 9.17) is 9.47 Å². The molecule has 2 rings (SSSR count). The van der Waals surface area contributed by atoms with Crippen LogP contribution in [-0.4, -0.2) is 43.6 Å². The van der Waals surface area contributed by atoms with Crippen LogP contribution in [0.2, 0.25) is 0 Å². The molecule has 0 saturated carbocycles. The van der Waals surface area contributed by atoms with E-state index in [1.807, 2.05) is 6.07 Å². The number of nitrogens with one attached hydrogen (secondary N) is 1. The van der Waals surface area contributed by atoms with Crippen LogP contribution < -0.4 is 10.9 Å². The third-order valence-electron chi connectivity index (χ3n) is 3.38. The van der Waals surface area contributed by atoms with Gasteiger partial charge in [-0.2, -0.15) is 0 Å². The average molecular weight is 252 g/mol. The lowest BCUT2D eigenvalue weighted by Crippen LogP contribution is -2.44. The van der Waals surface area contributed by atoms with Crippen LogP contribution in [0, 0.1) is 0 Å². The molecular weight excluding hydrogens is 232 g/mol. The highest BCUT2D eigenvalue weighted by Crippen LogP contribution is 2.21. The maximum absolute atomic E-state index is 11.5. The van der Waals surface area contributed by atoms with Crippen molar-refractivity contribution in [1.29, 1.82) is 0 Å². The zero-order chi connectivity index (χ0) is 12.8. The van der Waals surface area contributed by atoms with E-state index in [1.54, 1.807) is 30.0 Å². The summed E-state index contributed by atoms with van der Waals surface area (Å²) in [5.41, 5.74) is -0.160. The summed E-state index contributed by atoms with van der Waals surface area (Å²) in [5.74, 6) is 0. The van der Waals surface area contributed by atoms with Crippen molar-refractivity contribution < 1.29 is 9.47 Å². The lowest BCUT2D eigenvalue weighted by molar-refractivity contribution is -0.0157. The van der Waals surface area contributed by atoms with Crippen molar-refractivity contribution in [3.8, 4) is 0 Å². The number of aromatic nitrogens is 1. The van der Waals surface area contributed by atoms with E-state index in [0.29, 0.717) is 13.2 Å². The van der Waals surface area contributed by atoms with E-state index in [-0.39, 0.29) is 11.2 Å². The Morgan fingerprint density at radius 2 is 2.44 bits per heavy atom. The van der Waals surface area contributed by atoms with Crippen molar-refractivity contribution in [2.45, 2.75) is 18.6 Å². The fraction of sp³-hybridized carbons (Fsp3) is 0.615. The molecule has 1 aromatic heterocycles. The third-order valence-corrected chi connectivity index (χ3v) is 3.38. The zero-order valence-electron chi connectivity index (χ0n) is 10.7. The van der Waals surface area contributed by atoms with Crippen molar-refractivity contribution in [3.63, 3.8) is 0 Å². The van der Waals surface area contributed by atoms with Crippen molar-refractivity contribution >= 4 is 0 Å². The van der Waals surface area contributed by atoms with Crippen molar-refractivity contribution in [2.75, 3.05) is 33.4 Å². The molecule has 1 fully saturated rings. The number of hydrogen-bond donors (Lipinski definition) is 1. The van der Waals surface area contributed by atoms with Gasteiger partial charge in [-0.15, -0.1) is 0 Å². The summed E-state index contributed by atoms with van der Waals surface area (Å²) in [4.78, 5) is 11.5. The Kier molecular flexibility index (Phi) is 4.52. The van der Waals surface area contributed by atoms with Gasteiger partial charge in [0, 0.05) is 52.0 Å². The molecule has 1 saturated heterocycles. The van der Waals surface area contributed by atoms with Crippen LogP contribution in [0.1, 0.15) is 6.42 Å². The number of rotatable bonds is 6. The second kappa shape index (κ2) is 6.13. The molecule has 0 aromatic carbocycles. The van der Waals surface area contributed by atoms with Gasteiger partial charge in [-0.25, -0.2) is 0 Å². The third kappa shape index (κ3) is 3.19. The van der Waals surface area contributed by atoms with Gasteiger partial charge >= 0.3 is 0 Å². The summed E-state index contributed by atoms with van der Waals surface area (Å²) in [5, 5.41) is 3.33. The van der Waals surface area contributed by atoms with E-state index in [2.05, 4.69) is 5.32 Å². The predicted molar refractivity (Wildman–Crippen MR) is 68.7 cm³/mol. The summed E-state index contributed by atoms with van der Waals surface area (Å²) >= 11 is 0. The van der Waals surface area contributed by atoms with Gasteiger partial charge in [0.25, 0.3) is 5.56 Å². The Labute approximate surface area is 107 Å². The van der Waals surface area contributed by atoms with Crippen LogP contribution in [-0.2, 0) is 16.0 Å². The second-order valence-corrected chi connectivity index (χ2v) is 4.60. The molecule has 0 bridgehead atoms. The molecule has 0 amide bonds. The minimum atomic E-state index is -0.193. The first-order valence-corrected chi connectivity index (χ1v) is 6.25. The summed E-state index contributed by atoms with van der Waals surface area (Å²) in [6.07, 6.45) is 2.72. The van der Waals surface area contributed by atoms with E-state index in [1.165, 1.54) is 0 Å². The van der Waals surface area contributed by atoms with Crippen molar-refractivity contribution in [2.24, 2.45) is 0 Å². The average Bonchev–Trinajstić information content (AvgIpc) is 2.86. The van der Waals surface area contributed by atoms with Crippen LogP contribution >= 0.6 is 0 Å². The molecule has 0 aliphatic carbocycles. The van der Waals surface area contributed by atoms with Gasteiger partial charge in [-0.1, -0.05) is 6.07 Å². The van der Waals surface area contributed by atoms with Crippen LogP contribution in [0.25, 0.3) is 0 Å². The highest BCUT2D eigenvalue weighted by atomic mass is 16.5. The molecule has 2 heterocycles. The van der Waals surface area contributed by atoms with Crippen molar-refractivity contribution in [3.05, 3.63) is 34.7 Å². The highest BCUT2D eigenvalue weighted by Gasteiger charge is 2.34. The molecule has 5 heteroatoms. The lowest BCUT2D eigenvalue weighted by atomic mass is 10.0. The normalized spacial score (nSPS) is 23.4. The molecule has 1 aliphatic heterocycles. The van der Waals surface area contributed by atoms with Gasteiger partial charge < -0.3 is 19.4 Å². The SMILES string of the molecule is COC1(CNCCn2ccccc2=O)CCOC1. The minimum Gasteiger partial charge on any atom is -0.378 e. The van der Waals surface area contributed by atoms with Gasteiger partial charge in [0.15, 0.2) is 0 Å². The fourth-order valence-electron chi connectivity index (χ4n) is 2.12. The highest BCUT2D eigenvalue weighted by molar-refractivity contribution is 4.93. The predicted octanol–water partition coefficient (Wildman–Crippen LogP) is 0.243. The first-order valence-electron chi connectivity index (χ1n) is 6.25. The molecule has 18 heavy (non-hydrogen) atoms. The van der Waals surface area contributed by atoms with E-state index >= 15 is 0 Å². The summed E-state index contributed by atoms with van der Waals surface area (Å²) in [7, 11) is 1.72. The number of nitrogens with zero attached hydrogens (tertiary/aromatic N) is 1. The van der Waals surface area contributed by atoms with E-state index in [0.717, 1.165) is 26.1 Å². The van der Waals surface area contributed by atoms with Gasteiger partial charge in [0.2, 0.25) is 0 Å². The fourth-order valence-corrected chi connectivity index (χ4v) is 2.12. The summed E-state index contributed by atoms with van der Waals surface area (Å²) in [6.45, 7) is 3.57. The van der Waals surface area contributed by atoms with Gasteiger partial charge in [-0.3, -0.25) is 4.79 Å². The second-order valence-electron chi connectivity index (χ2n) is 4.60. The number of ether oxygens (including phenoxy) is 2.